The van der Waals surface area contributed by atoms with Crippen LogP contribution in [0.15, 0.2) is 54.3 Å². The van der Waals surface area contributed by atoms with Gasteiger partial charge in [-0.05, 0) is 30.3 Å². The van der Waals surface area contributed by atoms with Crippen molar-refractivity contribution in [3.05, 3.63) is 65.1 Å². The van der Waals surface area contributed by atoms with Crippen LogP contribution in [-0.2, 0) is 9.53 Å². The number of ether oxygens (including phenoxy) is 2. The molecule has 0 saturated heterocycles. The molecule has 8 heteroatoms. The fourth-order valence-electron chi connectivity index (χ4n) is 2.29. The van der Waals surface area contributed by atoms with Crippen molar-refractivity contribution in [3.63, 3.8) is 0 Å². The van der Waals surface area contributed by atoms with Crippen molar-refractivity contribution in [2.45, 2.75) is 0 Å². The minimum atomic E-state index is -0.705. The summed E-state index contributed by atoms with van der Waals surface area (Å²) in [6, 6.07) is 15.6. The zero-order valence-electron chi connectivity index (χ0n) is 14.0. The Morgan fingerprint density at radius 1 is 1.22 bits per heavy atom. The lowest BCUT2D eigenvalue weighted by Gasteiger charge is -2.07. The third-order valence-corrected chi connectivity index (χ3v) is 3.78. The molecule has 2 aromatic carbocycles. The van der Waals surface area contributed by atoms with E-state index in [1.165, 1.54) is 0 Å². The quantitative estimate of drug-likeness (QED) is 0.382. The number of nitrogens with one attached hydrogen (secondary N) is 1. The highest BCUT2D eigenvalue weighted by Gasteiger charge is 2.15. The Morgan fingerprint density at radius 3 is 2.78 bits per heavy atom. The fourth-order valence-corrected chi connectivity index (χ4v) is 2.47. The Bertz CT molecular complexity index is 1020. The molecule has 1 heterocycles. The van der Waals surface area contributed by atoms with Gasteiger partial charge in [-0.1, -0.05) is 29.8 Å². The maximum Gasteiger partial charge on any atom is 0.344 e. The van der Waals surface area contributed by atoms with E-state index in [9.17, 15) is 15.2 Å². The number of para-hydroxylation sites is 2. The molecule has 3 rings (SSSR count). The summed E-state index contributed by atoms with van der Waals surface area (Å²) in [5.41, 5.74) is 1.27. The lowest BCUT2D eigenvalue weighted by Crippen LogP contribution is -2.16. The lowest BCUT2D eigenvalue weighted by atomic mass is 10.2. The summed E-state index contributed by atoms with van der Waals surface area (Å²) < 4.78 is 10.2. The van der Waals surface area contributed by atoms with E-state index in [2.05, 4.69) is 9.97 Å². The molecule has 0 atom stereocenters. The van der Waals surface area contributed by atoms with Crippen molar-refractivity contribution in [1.82, 2.24) is 9.97 Å². The largest absolute Gasteiger partial charge is 0.507 e. The molecule has 0 bridgehead atoms. The number of hydrogen-bond donors (Lipinski definition) is 2. The molecule has 1 aromatic heterocycles. The van der Waals surface area contributed by atoms with Crippen molar-refractivity contribution in [1.29, 1.82) is 5.26 Å². The van der Waals surface area contributed by atoms with Gasteiger partial charge in [0.15, 0.2) is 18.2 Å². The summed E-state index contributed by atoms with van der Waals surface area (Å²) in [4.78, 5) is 19.0. The Labute approximate surface area is 159 Å². The summed E-state index contributed by atoms with van der Waals surface area (Å²) in [5.74, 6) is -0.502. The first-order valence-electron chi connectivity index (χ1n) is 7.88. The number of hydrogen-bond acceptors (Lipinski definition) is 6. The van der Waals surface area contributed by atoms with Gasteiger partial charge in [-0.2, -0.15) is 5.26 Å². The van der Waals surface area contributed by atoms with E-state index in [1.807, 2.05) is 18.2 Å². The minimum Gasteiger partial charge on any atom is -0.507 e. The van der Waals surface area contributed by atoms with Crippen LogP contribution < -0.4 is 4.74 Å². The number of aliphatic hydroxyl groups is 1. The Morgan fingerprint density at radius 2 is 2.04 bits per heavy atom. The number of esters is 1. The van der Waals surface area contributed by atoms with Gasteiger partial charge in [0.05, 0.1) is 11.0 Å². The molecule has 7 nitrogen and oxygen atoms in total. The van der Waals surface area contributed by atoms with Crippen molar-refractivity contribution in [3.8, 4) is 11.8 Å². The smallest absolute Gasteiger partial charge is 0.344 e. The number of allylic oxidation sites excluding steroid dienone is 1. The molecular formula is C19H14ClN3O4. The van der Waals surface area contributed by atoms with Gasteiger partial charge in [0, 0.05) is 5.02 Å². The molecule has 27 heavy (non-hydrogen) atoms. The molecule has 136 valence electrons. The molecule has 0 radical (unpaired) electrons. The van der Waals surface area contributed by atoms with Gasteiger partial charge in [-0.25, -0.2) is 9.78 Å². The average molecular weight is 384 g/mol. The van der Waals surface area contributed by atoms with Crippen LogP contribution in [0.2, 0.25) is 5.02 Å². The molecular weight excluding hydrogens is 370 g/mol. The second kappa shape index (κ2) is 8.25. The zero-order chi connectivity index (χ0) is 19.2. The van der Waals surface area contributed by atoms with E-state index in [-0.39, 0.29) is 18.0 Å². The van der Waals surface area contributed by atoms with Gasteiger partial charge >= 0.3 is 5.97 Å². The topological polar surface area (TPSA) is 108 Å². The Kier molecular flexibility index (Phi) is 5.59. The predicted molar refractivity (Wildman–Crippen MR) is 99.2 cm³/mol. The van der Waals surface area contributed by atoms with Gasteiger partial charge in [0.2, 0.25) is 0 Å². The molecule has 2 N–H and O–H groups in total. The van der Waals surface area contributed by atoms with Gasteiger partial charge in [0.25, 0.3) is 0 Å². The number of nitriles is 1. The average Bonchev–Trinajstić information content (AvgIpc) is 3.09. The minimum absolute atomic E-state index is 0.102. The van der Waals surface area contributed by atoms with Crippen LogP contribution in [0.25, 0.3) is 16.6 Å². The highest BCUT2D eigenvalue weighted by molar-refractivity contribution is 6.30. The molecule has 0 aliphatic rings. The number of halogens is 1. The SMILES string of the molecule is N#C/C(=C(/O)COC(=O)COc1cccc(Cl)c1)c1nc2ccccc2[nH]1. The number of aromatic amines is 1. The number of rotatable bonds is 6. The standard InChI is InChI=1S/C19H14ClN3O4/c20-12-4-3-5-13(8-12)26-11-18(25)27-10-17(24)14(9-21)19-22-15-6-1-2-7-16(15)23-19/h1-8,24H,10-11H2,(H,22,23)/b17-14-. The Hall–Kier alpha value is -3.50. The van der Waals surface area contributed by atoms with E-state index in [0.29, 0.717) is 16.3 Å². The summed E-state index contributed by atoms with van der Waals surface area (Å²) in [7, 11) is 0. The van der Waals surface area contributed by atoms with Gasteiger partial charge in [-0.15, -0.1) is 0 Å². The number of benzene rings is 2. The highest BCUT2D eigenvalue weighted by Crippen LogP contribution is 2.19. The summed E-state index contributed by atoms with van der Waals surface area (Å²) >= 11 is 5.83. The number of carbonyl (C=O) groups excluding carboxylic acids is 1. The second-order valence-corrected chi connectivity index (χ2v) is 5.88. The molecule has 0 fully saturated rings. The van der Waals surface area contributed by atoms with Crippen molar-refractivity contribution < 1.29 is 19.4 Å². The highest BCUT2D eigenvalue weighted by atomic mass is 35.5. The second-order valence-electron chi connectivity index (χ2n) is 5.44. The molecule has 0 aliphatic carbocycles. The van der Waals surface area contributed by atoms with E-state index >= 15 is 0 Å². The third kappa shape index (κ3) is 4.57. The van der Waals surface area contributed by atoms with Crippen LogP contribution in [0.4, 0.5) is 0 Å². The van der Waals surface area contributed by atoms with Gasteiger partial charge in [0.1, 0.15) is 24.0 Å². The Balaban J connectivity index is 1.62. The number of nitrogens with zero attached hydrogens (tertiary/aromatic N) is 2. The lowest BCUT2D eigenvalue weighted by molar-refractivity contribution is -0.145. The van der Waals surface area contributed by atoms with E-state index in [0.717, 1.165) is 5.52 Å². The predicted octanol–water partition coefficient (Wildman–Crippen LogP) is 3.63. The number of aromatic nitrogens is 2. The molecule has 0 aliphatic heterocycles. The van der Waals surface area contributed by atoms with E-state index in [1.54, 1.807) is 36.4 Å². The van der Waals surface area contributed by atoms with Crippen LogP contribution in [0.1, 0.15) is 5.82 Å². The van der Waals surface area contributed by atoms with Crippen LogP contribution >= 0.6 is 11.6 Å². The van der Waals surface area contributed by atoms with Gasteiger partial charge in [-0.3, -0.25) is 0 Å². The van der Waals surface area contributed by atoms with Crippen molar-refractivity contribution >= 4 is 34.2 Å². The maximum atomic E-state index is 11.8. The molecule has 0 saturated carbocycles. The first-order valence-corrected chi connectivity index (χ1v) is 8.26. The van der Waals surface area contributed by atoms with Crippen LogP contribution in [0.3, 0.4) is 0 Å². The van der Waals surface area contributed by atoms with Crippen LogP contribution in [-0.4, -0.2) is 34.3 Å². The van der Waals surface area contributed by atoms with Crippen molar-refractivity contribution in [2.75, 3.05) is 13.2 Å². The van der Waals surface area contributed by atoms with E-state index < -0.39 is 18.3 Å². The number of imidazole rings is 1. The summed E-state index contributed by atoms with van der Waals surface area (Å²) in [6.07, 6.45) is 0. The monoisotopic (exact) mass is 383 g/mol. The van der Waals surface area contributed by atoms with Crippen molar-refractivity contribution in [2.24, 2.45) is 0 Å². The molecule has 0 spiro atoms. The third-order valence-electron chi connectivity index (χ3n) is 3.55. The van der Waals surface area contributed by atoms with Gasteiger partial charge < -0.3 is 19.6 Å². The molecule has 0 amide bonds. The first kappa shape index (κ1) is 18.3. The van der Waals surface area contributed by atoms with E-state index in [4.69, 9.17) is 21.1 Å². The van der Waals surface area contributed by atoms with Crippen LogP contribution in [0, 0.1) is 11.3 Å². The fraction of sp³-hybridized carbons (Fsp3) is 0.105. The number of carbonyl (C=O) groups is 1. The molecule has 0 unspecified atom stereocenters. The normalized spacial score (nSPS) is 11.6. The number of aliphatic hydroxyl groups excluding tert-OH is 1. The summed E-state index contributed by atoms with van der Waals surface area (Å²) in [5, 5.41) is 19.9. The first-order chi connectivity index (χ1) is 13.1. The number of fused-ring (bicyclic) bond motifs is 1. The zero-order valence-corrected chi connectivity index (χ0v) is 14.7. The maximum absolute atomic E-state index is 11.8. The van der Waals surface area contributed by atoms with Crippen LogP contribution in [0.5, 0.6) is 5.75 Å². The molecule has 3 aromatic rings. The number of H-pyrrole nitrogens is 1. The summed E-state index contributed by atoms with van der Waals surface area (Å²) in [6.45, 7) is -0.835.